The summed E-state index contributed by atoms with van der Waals surface area (Å²) < 4.78 is 4.97. The summed E-state index contributed by atoms with van der Waals surface area (Å²) in [6.45, 7) is 5.47. The lowest BCUT2D eigenvalue weighted by Crippen LogP contribution is -2.39. The maximum absolute atomic E-state index is 11.6. The Labute approximate surface area is 112 Å². The lowest BCUT2D eigenvalue weighted by molar-refractivity contribution is 0.0520. The number of thiazole rings is 1. The summed E-state index contributed by atoms with van der Waals surface area (Å²) in [6, 6.07) is 0.569. The fourth-order valence-electron chi connectivity index (χ4n) is 2.37. The Morgan fingerprint density at radius 1 is 1.56 bits per heavy atom. The first kappa shape index (κ1) is 13.3. The smallest absolute Gasteiger partial charge is 0.357 e. The molecule has 1 aromatic rings. The number of hydrogen-bond acceptors (Lipinski definition) is 5. The molecule has 1 aliphatic heterocycles. The number of anilines is 1. The quantitative estimate of drug-likeness (QED) is 0.787. The molecule has 5 heteroatoms. The number of carbonyl (C=O) groups is 1. The summed E-state index contributed by atoms with van der Waals surface area (Å²) in [5, 5.41) is 2.76. The van der Waals surface area contributed by atoms with Gasteiger partial charge in [0.25, 0.3) is 0 Å². The van der Waals surface area contributed by atoms with Crippen LogP contribution in [0.3, 0.4) is 0 Å². The van der Waals surface area contributed by atoms with E-state index in [0.717, 1.165) is 18.1 Å². The van der Waals surface area contributed by atoms with Gasteiger partial charge in [-0.1, -0.05) is 6.92 Å². The molecule has 1 aromatic heterocycles. The van der Waals surface area contributed by atoms with Crippen LogP contribution in [0.2, 0.25) is 0 Å². The van der Waals surface area contributed by atoms with Gasteiger partial charge in [-0.15, -0.1) is 11.3 Å². The zero-order valence-electron chi connectivity index (χ0n) is 11.0. The number of nitrogens with zero attached hydrogens (tertiary/aromatic N) is 2. The number of hydrogen-bond donors (Lipinski definition) is 0. The first-order chi connectivity index (χ1) is 8.76. The standard InChI is InChI=1S/C13H20N2O2S/c1-3-10-7-5-6-8-15(10)13-14-11(9-18-13)12(16)17-4-2/h9-10H,3-8H2,1-2H3. The third-order valence-electron chi connectivity index (χ3n) is 3.32. The molecule has 0 aromatic carbocycles. The van der Waals surface area contributed by atoms with Crippen molar-refractivity contribution < 1.29 is 9.53 Å². The fraction of sp³-hybridized carbons (Fsp3) is 0.692. The van der Waals surface area contributed by atoms with E-state index in [1.165, 1.54) is 19.3 Å². The Morgan fingerprint density at radius 2 is 2.39 bits per heavy atom. The van der Waals surface area contributed by atoms with Gasteiger partial charge in [-0.05, 0) is 32.6 Å². The minimum atomic E-state index is -0.315. The normalized spacial score (nSPS) is 19.9. The van der Waals surface area contributed by atoms with Crippen molar-refractivity contribution in [3.63, 3.8) is 0 Å². The molecule has 0 amide bonds. The first-order valence-corrected chi connectivity index (χ1v) is 7.53. The molecule has 0 spiro atoms. The lowest BCUT2D eigenvalue weighted by atomic mass is 10.0. The molecule has 18 heavy (non-hydrogen) atoms. The van der Waals surface area contributed by atoms with Crippen LogP contribution in [0.5, 0.6) is 0 Å². The van der Waals surface area contributed by atoms with E-state index in [1.807, 2.05) is 6.92 Å². The summed E-state index contributed by atoms with van der Waals surface area (Å²) in [7, 11) is 0. The first-order valence-electron chi connectivity index (χ1n) is 6.65. The van der Waals surface area contributed by atoms with E-state index in [-0.39, 0.29) is 5.97 Å². The van der Waals surface area contributed by atoms with Gasteiger partial charge in [0.15, 0.2) is 10.8 Å². The van der Waals surface area contributed by atoms with E-state index in [2.05, 4.69) is 16.8 Å². The SMILES string of the molecule is CCOC(=O)c1csc(N2CCCCC2CC)n1. The number of piperidine rings is 1. The molecule has 0 aliphatic carbocycles. The maximum atomic E-state index is 11.6. The van der Waals surface area contributed by atoms with Gasteiger partial charge in [0.2, 0.25) is 0 Å². The zero-order valence-corrected chi connectivity index (χ0v) is 11.8. The van der Waals surface area contributed by atoms with Crippen molar-refractivity contribution in [2.75, 3.05) is 18.1 Å². The van der Waals surface area contributed by atoms with Gasteiger partial charge < -0.3 is 9.64 Å². The van der Waals surface area contributed by atoms with Gasteiger partial charge in [0.05, 0.1) is 6.61 Å². The van der Waals surface area contributed by atoms with Crippen LogP contribution < -0.4 is 4.90 Å². The second kappa shape index (κ2) is 6.18. The molecule has 1 atom stereocenters. The highest BCUT2D eigenvalue weighted by molar-refractivity contribution is 7.13. The van der Waals surface area contributed by atoms with Crippen molar-refractivity contribution in [1.82, 2.24) is 4.98 Å². The molecular weight excluding hydrogens is 248 g/mol. The molecule has 2 rings (SSSR count). The van der Waals surface area contributed by atoms with Crippen LogP contribution in [0.25, 0.3) is 0 Å². The molecule has 2 heterocycles. The van der Waals surface area contributed by atoms with Crippen LogP contribution in [-0.2, 0) is 4.74 Å². The van der Waals surface area contributed by atoms with Crippen LogP contribution in [0.15, 0.2) is 5.38 Å². The second-order valence-corrected chi connectivity index (χ2v) is 5.32. The number of esters is 1. The third kappa shape index (κ3) is 2.83. The summed E-state index contributed by atoms with van der Waals surface area (Å²) in [4.78, 5) is 18.4. The molecule has 4 nitrogen and oxygen atoms in total. The topological polar surface area (TPSA) is 42.4 Å². The molecule has 0 bridgehead atoms. The minimum Gasteiger partial charge on any atom is -0.461 e. The van der Waals surface area contributed by atoms with Gasteiger partial charge in [-0.2, -0.15) is 0 Å². The van der Waals surface area contributed by atoms with Crippen molar-refractivity contribution in [2.45, 2.75) is 45.6 Å². The second-order valence-electron chi connectivity index (χ2n) is 4.49. The summed E-state index contributed by atoms with van der Waals surface area (Å²) in [5.41, 5.74) is 0.442. The maximum Gasteiger partial charge on any atom is 0.357 e. The van der Waals surface area contributed by atoms with Gasteiger partial charge in [0, 0.05) is 18.0 Å². The molecule has 0 radical (unpaired) electrons. The predicted molar refractivity (Wildman–Crippen MR) is 73.3 cm³/mol. The van der Waals surface area contributed by atoms with E-state index in [1.54, 1.807) is 16.7 Å². The number of carbonyl (C=O) groups excluding carboxylic acids is 1. The Bertz CT molecular complexity index is 405. The summed E-state index contributed by atoms with van der Waals surface area (Å²) in [5.74, 6) is -0.315. The number of ether oxygens (including phenoxy) is 1. The summed E-state index contributed by atoms with van der Waals surface area (Å²) >= 11 is 1.54. The Morgan fingerprint density at radius 3 is 3.11 bits per heavy atom. The van der Waals surface area contributed by atoms with Crippen LogP contribution in [-0.4, -0.2) is 30.1 Å². The number of rotatable bonds is 4. The molecule has 1 fully saturated rings. The highest BCUT2D eigenvalue weighted by Crippen LogP contribution is 2.29. The van der Waals surface area contributed by atoms with Gasteiger partial charge in [-0.3, -0.25) is 0 Å². The average Bonchev–Trinajstić information content (AvgIpc) is 2.88. The van der Waals surface area contributed by atoms with Crippen LogP contribution in [0, 0.1) is 0 Å². The Kier molecular flexibility index (Phi) is 4.58. The molecule has 1 aliphatic rings. The molecule has 100 valence electrons. The predicted octanol–water partition coefficient (Wildman–Crippen LogP) is 3.09. The van der Waals surface area contributed by atoms with Crippen LogP contribution in [0.1, 0.15) is 50.0 Å². The van der Waals surface area contributed by atoms with Crippen molar-refractivity contribution in [1.29, 1.82) is 0 Å². The number of aromatic nitrogens is 1. The highest BCUT2D eigenvalue weighted by atomic mass is 32.1. The van der Waals surface area contributed by atoms with Crippen molar-refractivity contribution in [2.24, 2.45) is 0 Å². The highest BCUT2D eigenvalue weighted by Gasteiger charge is 2.24. The lowest BCUT2D eigenvalue weighted by Gasteiger charge is -2.34. The van der Waals surface area contributed by atoms with Crippen LogP contribution in [0.4, 0.5) is 5.13 Å². The van der Waals surface area contributed by atoms with Gasteiger partial charge in [0.1, 0.15) is 0 Å². The van der Waals surface area contributed by atoms with Crippen molar-refractivity contribution in [3.05, 3.63) is 11.1 Å². The largest absolute Gasteiger partial charge is 0.461 e. The monoisotopic (exact) mass is 268 g/mol. The van der Waals surface area contributed by atoms with Crippen molar-refractivity contribution >= 4 is 22.4 Å². The molecule has 1 unspecified atom stereocenters. The van der Waals surface area contributed by atoms with E-state index >= 15 is 0 Å². The van der Waals surface area contributed by atoms with E-state index < -0.39 is 0 Å². The van der Waals surface area contributed by atoms with Crippen molar-refractivity contribution in [3.8, 4) is 0 Å². The minimum absolute atomic E-state index is 0.315. The van der Waals surface area contributed by atoms with Gasteiger partial charge in [-0.25, -0.2) is 9.78 Å². The molecule has 0 saturated carbocycles. The van der Waals surface area contributed by atoms with E-state index in [0.29, 0.717) is 18.3 Å². The fourth-order valence-corrected chi connectivity index (χ4v) is 3.26. The third-order valence-corrected chi connectivity index (χ3v) is 4.20. The van der Waals surface area contributed by atoms with Crippen LogP contribution >= 0.6 is 11.3 Å². The average molecular weight is 268 g/mol. The van der Waals surface area contributed by atoms with Gasteiger partial charge >= 0.3 is 5.97 Å². The molecule has 0 N–H and O–H groups in total. The zero-order chi connectivity index (χ0) is 13.0. The summed E-state index contributed by atoms with van der Waals surface area (Å²) in [6.07, 6.45) is 4.87. The van der Waals surface area contributed by atoms with E-state index in [9.17, 15) is 4.79 Å². The Hall–Kier alpha value is -1.10. The van der Waals surface area contributed by atoms with E-state index in [4.69, 9.17) is 4.74 Å². The Balaban J connectivity index is 2.10. The molecule has 1 saturated heterocycles. The molecular formula is C13H20N2O2S.